The van der Waals surface area contributed by atoms with Crippen molar-refractivity contribution < 1.29 is 14.3 Å². The third-order valence-corrected chi connectivity index (χ3v) is 3.65. The van der Waals surface area contributed by atoms with Crippen molar-refractivity contribution in [3.05, 3.63) is 69.0 Å². The Morgan fingerprint density at radius 1 is 1.18 bits per heavy atom. The Balaban J connectivity index is 1.93. The average Bonchev–Trinajstić information content (AvgIpc) is 2.49. The van der Waals surface area contributed by atoms with Crippen molar-refractivity contribution in [1.82, 2.24) is 0 Å². The molecule has 0 aliphatic heterocycles. The molecule has 0 spiro atoms. The summed E-state index contributed by atoms with van der Waals surface area (Å²) in [6.07, 6.45) is 0. The number of fused-ring (bicyclic) bond motifs is 1. The van der Waals surface area contributed by atoms with E-state index in [9.17, 15) is 9.90 Å². The predicted molar refractivity (Wildman–Crippen MR) is 84.7 cm³/mol. The maximum Gasteiger partial charge on any atom is 0.339 e. The van der Waals surface area contributed by atoms with Gasteiger partial charge in [-0.05, 0) is 36.8 Å². The van der Waals surface area contributed by atoms with Crippen molar-refractivity contribution in [2.24, 2.45) is 0 Å². The molecule has 22 heavy (non-hydrogen) atoms. The molecule has 0 atom stereocenters. The summed E-state index contributed by atoms with van der Waals surface area (Å²) in [7, 11) is 0. The van der Waals surface area contributed by atoms with E-state index in [0.29, 0.717) is 33.9 Å². The van der Waals surface area contributed by atoms with Crippen molar-refractivity contribution in [2.75, 3.05) is 0 Å². The highest BCUT2D eigenvalue weighted by molar-refractivity contribution is 6.30. The van der Waals surface area contributed by atoms with E-state index >= 15 is 0 Å². The van der Waals surface area contributed by atoms with Crippen LogP contribution in [0.1, 0.15) is 11.1 Å². The molecule has 0 amide bonds. The van der Waals surface area contributed by atoms with Crippen molar-refractivity contribution in [3.8, 4) is 11.5 Å². The molecule has 0 aliphatic rings. The van der Waals surface area contributed by atoms with Crippen LogP contribution in [-0.2, 0) is 6.61 Å². The molecular weight excluding hydrogens is 304 g/mol. The monoisotopic (exact) mass is 316 g/mol. The van der Waals surface area contributed by atoms with E-state index in [2.05, 4.69) is 0 Å². The quantitative estimate of drug-likeness (QED) is 0.741. The molecule has 1 N–H and O–H groups in total. The zero-order valence-electron chi connectivity index (χ0n) is 11.8. The van der Waals surface area contributed by atoms with Gasteiger partial charge in [-0.1, -0.05) is 23.7 Å². The molecule has 3 aromatic rings. The van der Waals surface area contributed by atoms with Crippen LogP contribution in [0.4, 0.5) is 0 Å². The second-order valence-corrected chi connectivity index (χ2v) is 5.37. The number of ether oxygens (including phenoxy) is 1. The molecule has 0 bridgehead atoms. The van der Waals surface area contributed by atoms with Gasteiger partial charge in [0.15, 0.2) is 0 Å². The number of hydrogen-bond acceptors (Lipinski definition) is 4. The summed E-state index contributed by atoms with van der Waals surface area (Å²) in [6, 6.07) is 11.8. The standard InChI is InChI=1S/C17H13ClO4/c1-10-15(21-9-11-2-4-12(18)5-3-11)7-6-13-14(19)8-16(20)22-17(10)13/h2-8,19H,9H2,1H3. The molecule has 0 unspecified atom stereocenters. The number of hydrogen-bond donors (Lipinski definition) is 1. The van der Waals surface area contributed by atoms with Crippen LogP contribution in [0.2, 0.25) is 5.02 Å². The van der Waals surface area contributed by atoms with Gasteiger partial charge in [0.1, 0.15) is 23.7 Å². The molecule has 1 heterocycles. The molecule has 4 nitrogen and oxygen atoms in total. The second kappa shape index (κ2) is 5.73. The zero-order chi connectivity index (χ0) is 15.7. The first-order chi connectivity index (χ1) is 10.5. The van der Waals surface area contributed by atoms with Gasteiger partial charge in [0.05, 0.1) is 11.5 Å². The van der Waals surface area contributed by atoms with Crippen LogP contribution in [0.25, 0.3) is 11.0 Å². The SMILES string of the molecule is Cc1c(OCc2ccc(Cl)cc2)ccc2c(O)cc(=O)oc12. The fourth-order valence-electron chi connectivity index (χ4n) is 2.22. The molecule has 2 aromatic carbocycles. The Morgan fingerprint density at radius 2 is 1.91 bits per heavy atom. The Morgan fingerprint density at radius 3 is 2.64 bits per heavy atom. The first-order valence-corrected chi connectivity index (χ1v) is 7.06. The Bertz CT molecular complexity index is 882. The highest BCUT2D eigenvalue weighted by Crippen LogP contribution is 2.31. The van der Waals surface area contributed by atoms with Gasteiger partial charge >= 0.3 is 5.63 Å². The minimum atomic E-state index is -0.594. The number of rotatable bonds is 3. The Labute approximate surface area is 131 Å². The van der Waals surface area contributed by atoms with Gasteiger partial charge in [0.2, 0.25) is 0 Å². The van der Waals surface area contributed by atoms with E-state index in [-0.39, 0.29) is 5.75 Å². The van der Waals surface area contributed by atoms with Crippen molar-refractivity contribution in [3.63, 3.8) is 0 Å². The smallest absolute Gasteiger partial charge is 0.339 e. The first kappa shape index (κ1) is 14.5. The molecule has 5 heteroatoms. The summed E-state index contributed by atoms with van der Waals surface area (Å²) in [6.45, 7) is 2.15. The molecule has 0 aliphatic carbocycles. The lowest BCUT2D eigenvalue weighted by atomic mass is 10.1. The van der Waals surface area contributed by atoms with Crippen molar-refractivity contribution in [2.45, 2.75) is 13.5 Å². The molecule has 112 valence electrons. The van der Waals surface area contributed by atoms with E-state index in [1.165, 1.54) is 0 Å². The molecule has 0 radical (unpaired) electrons. The fraction of sp³-hybridized carbons (Fsp3) is 0.118. The lowest BCUT2D eigenvalue weighted by Crippen LogP contribution is -2.00. The summed E-state index contributed by atoms with van der Waals surface area (Å²) >= 11 is 5.84. The van der Waals surface area contributed by atoms with Gasteiger partial charge in [0, 0.05) is 10.6 Å². The maximum atomic E-state index is 11.4. The van der Waals surface area contributed by atoms with Crippen molar-refractivity contribution >= 4 is 22.6 Å². The topological polar surface area (TPSA) is 59.7 Å². The van der Waals surface area contributed by atoms with E-state index in [1.54, 1.807) is 31.2 Å². The fourth-order valence-corrected chi connectivity index (χ4v) is 2.35. The van der Waals surface area contributed by atoms with Crippen molar-refractivity contribution in [1.29, 1.82) is 0 Å². The lowest BCUT2D eigenvalue weighted by Gasteiger charge is -2.11. The van der Waals surface area contributed by atoms with E-state index in [0.717, 1.165) is 11.6 Å². The van der Waals surface area contributed by atoms with Crippen LogP contribution in [0.3, 0.4) is 0 Å². The Hall–Kier alpha value is -2.46. The van der Waals surface area contributed by atoms with Crippen LogP contribution >= 0.6 is 11.6 Å². The summed E-state index contributed by atoms with van der Waals surface area (Å²) in [4.78, 5) is 11.4. The first-order valence-electron chi connectivity index (χ1n) is 6.68. The number of aryl methyl sites for hydroxylation is 1. The number of benzene rings is 2. The van der Waals surface area contributed by atoms with E-state index in [4.69, 9.17) is 20.8 Å². The highest BCUT2D eigenvalue weighted by atomic mass is 35.5. The van der Waals surface area contributed by atoms with Gasteiger partial charge < -0.3 is 14.3 Å². The van der Waals surface area contributed by atoms with Crippen LogP contribution in [-0.4, -0.2) is 5.11 Å². The highest BCUT2D eigenvalue weighted by Gasteiger charge is 2.11. The molecule has 0 saturated heterocycles. The largest absolute Gasteiger partial charge is 0.507 e. The van der Waals surface area contributed by atoms with Gasteiger partial charge in [-0.15, -0.1) is 0 Å². The summed E-state index contributed by atoms with van der Waals surface area (Å²) in [5.41, 5.74) is 1.38. The summed E-state index contributed by atoms with van der Waals surface area (Å²) in [5, 5.41) is 10.9. The molecule has 0 saturated carbocycles. The molecule has 3 rings (SSSR count). The number of aromatic hydroxyl groups is 1. The minimum Gasteiger partial charge on any atom is -0.507 e. The third kappa shape index (κ3) is 2.78. The molecule has 1 aromatic heterocycles. The minimum absolute atomic E-state index is 0.0985. The zero-order valence-corrected chi connectivity index (χ0v) is 12.6. The lowest BCUT2D eigenvalue weighted by molar-refractivity contribution is 0.304. The molecule has 0 fully saturated rings. The molecular formula is C17H13ClO4. The van der Waals surface area contributed by atoms with Gasteiger partial charge in [-0.3, -0.25) is 0 Å². The van der Waals surface area contributed by atoms with Gasteiger partial charge in [0.25, 0.3) is 0 Å². The van der Waals surface area contributed by atoms with Gasteiger partial charge in [-0.2, -0.15) is 0 Å². The Kier molecular flexibility index (Phi) is 3.77. The second-order valence-electron chi connectivity index (χ2n) is 4.93. The number of halogens is 1. The van der Waals surface area contributed by atoms with E-state index < -0.39 is 5.63 Å². The average molecular weight is 317 g/mol. The van der Waals surface area contributed by atoms with Gasteiger partial charge in [-0.25, -0.2) is 4.79 Å². The summed E-state index contributed by atoms with van der Waals surface area (Å²) < 4.78 is 10.9. The van der Waals surface area contributed by atoms with Crippen LogP contribution in [0.15, 0.2) is 51.7 Å². The van der Waals surface area contributed by atoms with Crippen LogP contribution in [0, 0.1) is 6.92 Å². The van der Waals surface area contributed by atoms with Crippen LogP contribution < -0.4 is 10.4 Å². The van der Waals surface area contributed by atoms with Crippen LogP contribution in [0.5, 0.6) is 11.5 Å². The summed E-state index contributed by atoms with van der Waals surface area (Å²) in [5.74, 6) is 0.495. The predicted octanol–water partition coefficient (Wildman–Crippen LogP) is 4.04. The normalized spacial score (nSPS) is 10.8. The third-order valence-electron chi connectivity index (χ3n) is 3.40. The maximum absolute atomic E-state index is 11.4. The van der Waals surface area contributed by atoms with E-state index in [1.807, 2.05) is 12.1 Å².